The summed E-state index contributed by atoms with van der Waals surface area (Å²) in [5.41, 5.74) is -0.192. The molecule has 3 aliphatic rings. The molecule has 1 saturated heterocycles. The third-order valence-electron chi connectivity index (χ3n) is 6.69. The van der Waals surface area contributed by atoms with Gasteiger partial charge in [-0.05, 0) is 24.8 Å². The molecule has 4 rings (SSSR count). The van der Waals surface area contributed by atoms with Gasteiger partial charge in [-0.1, -0.05) is 0 Å². The molecule has 0 radical (unpaired) electrons. The van der Waals surface area contributed by atoms with Crippen LogP contribution in [0.15, 0.2) is 23.7 Å². The van der Waals surface area contributed by atoms with Gasteiger partial charge in [0, 0.05) is 39.0 Å². The standard InChI is InChI=1S/C21H24F6N6O3/c1-32(2)18(35)11-7-13(28-9-12(11)20(22,23)24)33-5-3-10(4-6-33)16-15-17(31-30-16)29-14(34)8-19(15,36)21(25,26)27/h7,9-10,16,30-31,36H,3-6,8H2,1-2H3,(H,29,34). The number of nitrogens with zero attached hydrogens (tertiary/aromatic N) is 3. The lowest BCUT2D eigenvalue weighted by Gasteiger charge is -2.41. The third-order valence-corrected chi connectivity index (χ3v) is 6.69. The highest BCUT2D eigenvalue weighted by molar-refractivity contribution is 5.96. The van der Waals surface area contributed by atoms with Gasteiger partial charge in [0.1, 0.15) is 11.6 Å². The van der Waals surface area contributed by atoms with Crippen LogP contribution >= 0.6 is 0 Å². The monoisotopic (exact) mass is 522 g/mol. The van der Waals surface area contributed by atoms with E-state index in [1.54, 1.807) is 4.90 Å². The molecule has 4 N–H and O–H groups in total. The predicted octanol–water partition coefficient (Wildman–Crippen LogP) is 1.52. The minimum atomic E-state index is -5.09. The van der Waals surface area contributed by atoms with Crippen molar-refractivity contribution in [2.45, 2.75) is 43.3 Å². The molecular formula is C21H24F6N6O3. The molecule has 0 aromatic carbocycles. The summed E-state index contributed by atoms with van der Waals surface area (Å²) in [6.45, 7) is 0.465. The van der Waals surface area contributed by atoms with Crippen molar-refractivity contribution in [1.82, 2.24) is 26.1 Å². The molecule has 4 heterocycles. The van der Waals surface area contributed by atoms with Crippen LogP contribution in [-0.2, 0) is 11.0 Å². The van der Waals surface area contributed by atoms with Crippen molar-refractivity contribution in [3.05, 3.63) is 34.8 Å². The number of carbonyl (C=O) groups is 2. The molecule has 36 heavy (non-hydrogen) atoms. The fraction of sp³-hybridized carbons (Fsp3) is 0.571. The molecule has 2 amide bonds. The Bertz CT molecular complexity index is 1100. The number of nitrogens with one attached hydrogen (secondary N) is 3. The Morgan fingerprint density at radius 3 is 2.39 bits per heavy atom. The van der Waals surface area contributed by atoms with Crippen LogP contribution in [0.2, 0.25) is 0 Å². The average Bonchev–Trinajstić information content (AvgIpc) is 3.21. The fourth-order valence-corrected chi connectivity index (χ4v) is 4.85. The van der Waals surface area contributed by atoms with Crippen molar-refractivity contribution in [3.63, 3.8) is 0 Å². The predicted molar refractivity (Wildman–Crippen MR) is 113 cm³/mol. The summed E-state index contributed by atoms with van der Waals surface area (Å²) in [4.78, 5) is 30.7. The van der Waals surface area contributed by atoms with Crippen molar-refractivity contribution in [3.8, 4) is 0 Å². The van der Waals surface area contributed by atoms with Gasteiger partial charge in [0.2, 0.25) is 5.91 Å². The van der Waals surface area contributed by atoms with Gasteiger partial charge in [-0.25, -0.2) is 10.4 Å². The summed E-state index contributed by atoms with van der Waals surface area (Å²) < 4.78 is 81.6. The topological polar surface area (TPSA) is 110 Å². The van der Waals surface area contributed by atoms with E-state index in [4.69, 9.17) is 0 Å². The fourth-order valence-electron chi connectivity index (χ4n) is 4.85. The molecule has 2 unspecified atom stereocenters. The van der Waals surface area contributed by atoms with Gasteiger partial charge in [0.05, 0.1) is 23.6 Å². The van der Waals surface area contributed by atoms with Crippen LogP contribution in [0.5, 0.6) is 0 Å². The van der Waals surface area contributed by atoms with Crippen LogP contribution in [-0.4, -0.2) is 71.8 Å². The van der Waals surface area contributed by atoms with E-state index in [9.17, 15) is 41.0 Å². The molecular weight excluding hydrogens is 498 g/mol. The number of hydrogen-bond donors (Lipinski definition) is 4. The molecule has 0 aliphatic carbocycles. The van der Waals surface area contributed by atoms with Crippen LogP contribution in [0.4, 0.5) is 32.2 Å². The summed E-state index contributed by atoms with van der Waals surface area (Å²) >= 11 is 0. The molecule has 9 nitrogen and oxygen atoms in total. The first-order chi connectivity index (χ1) is 16.6. The SMILES string of the molecule is CN(C)C(=O)c1cc(N2CCC(C3NNC4=C3C(O)(C(F)(F)F)CC(=O)N4)CC2)ncc1C(F)(F)F. The molecule has 15 heteroatoms. The van der Waals surface area contributed by atoms with Crippen molar-refractivity contribution < 1.29 is 41.0 Å². The maximum atomic E-state index is 13.8. The van der Waals surface area contributed by atoms with Gasteiger partial charge in [0.15, 0.2) is 5.60 Å². The van der Waals surface area contributed by atoms with E-state index in [0.29, 0.717) is 19.0 Å². The van der Waals surface area contributed by atoms with Gasteiger partial charge in [-0.15, -0.1) is 0 Å². The third kappa shape index (κ3) is 4.45. The first-order valence-corrected chi connectivity index (χ1v) is 11.0. The highest BCUT2D eigenvalue weighted by atomic mass is 19.4. The maximum Gasteiger partial charge on any atom is 0.421 e. The minimum absolute atomic E-state index is 0.140. The number of anilines is 1. The van der Waals surface area contributed by atoms with Crippen LogP contribution in [0, 0.1) is 5.92 Å². The summed E-state index contributed by atoms with van der Waals surface area (Å²) in [6, 6.07) is 0.126. The first-order valence-electron chi connectivity index (χ1n) is 11.0. The smallest absolute Gasteiger partial charge is 0.376 e. The lowest BCUT2D eigenvalue weighted by atomic mass is 9.76. The number of amides is 2. The minimum Gasteiger partial charge on any atom is -0.376 e. The molecule has 1 aromatic heterocycles. The van der Waals surface area contributed by atoms with Gasteiger partial charge in [-0.3, -0.25) is 9.59 Å². The van der Waals surface area contributed by atoms with Crippen molar-refractivity contribution in [2.75, 3.05) is 32.1 Å². The Morgan fingerprint density at radius 1 is 1.19 bits per heavy atom. The lowest BCUT2D eigenvalue weighted by Crippen LogP contribution is -2.57. The second-order valence-electron chi connectivity index (χ2n) is 9.23. The number of hydrogen-bond acceptors (Lipinski definition) is 7. The van der Waals surface area contributed by atoms with E-state index in [2.05, 4.69) is 21.2 Å². The molecule has 1 fully saturated rings. The second kappa shape index (κ2) is 8.80. The maximum absolute atomic E-state index is 13.8. The number of hydrazine groups is 1. The Hall–Kier alpha value is -3.07. The van der Waals surface area contributed by atoms with Gasteiger partial charge < -0.3 is 25.6 Å². The normalized spacial score (nSPS) is 25.4. The van der Waals surface area contributed by atoms with E-state index < -0.39 is 59.3 Å². The van der Waals surface area contributed by atoms with Crippen LogP contribution in [0.3, 0.4) is 0 Å². The highest BCUT2D eigenvalue weighted by Crippen LogP contribution is 2.46. The average molecular weight is 522 g/mol. The number of pyridine rings is 1. The van der Waals surface area contributed by atoms with Crippen LogP contribution in [0.25, 0.3) is 0 Å². The molecule has 3 aliphatic heterocycles. The zero-order chi connectivity index (χ0) is 26.6. The summed E-state index contributed by atoms with van der Waals surface area (Å²) in [5, 5.41) is 12.8. The van der Waals surface area contributed by atoms with Crippen LogP contribution < -0.4 is 21.1 Å². The lowest BCUT2D eigenvalue weighted by molar-refractivity contribution is -0.248. The largest absolute Gasteiger partial charge is 0.421 e. The van der Waals surface area contributed by atoms with Crippen molar-refractivity contribution >= 4 is 17.6 Å². The Morgan fingerprint density at radius 2 is 1.83 bits per heavy atom. The number of piperidine rings is 1. The molecule has 0 bridgehead atoms. The quantitative estimate of drug-likeness (QED) is 0.446. The zero-order valence-corrected chi connectivity index (χ0v) is 19.2. The van der Waals surface area contributed by atoms with Crippen LogP contribution in [0.1, 0.15) is 35.2 Å². The van der Waals surface area contributed by atoms with Gasteiger partial charge in [-0.2, -0.15) is 26.3 Å². The molecule has 0 spiro atoms. The van der Waals surface area contributed by atoms with Gasteiger partial charge >= 0.3 is 12.4 Å². The van der Waals surface area contributed by atoms with E-state index in [1.807, 2.05) is 0 Å². The number of halogens is 6. The second-order valence-corrected chi connectivity index (χ2v) is 9.23. The van der Waals surface area contributed by atoms with E-state index in [0.717, 1.165) is 11.0 Å². The number of aromatic nitrogens is 1. The number of rotatable bonds is 3. The summed E-state index contributed by atoms with van der Waals surface area (Å²) in [7, 11) is 2.66. The summed E-state index contributed by atoms with van der Waals surface area (Å²) in [5.74, 6) is -2.31. The molecule has 2 atom stereocenters. The first kappa shape index (κ1) is 26.0. The highest BCUT2D eigenvalue weighted by Gasteiger charge is 2.63. The Kier molecular flexibility index (Phi) is 6.35. The number of aliphatic hydroxyl groups is 1. The van der Waals surface area contributed by atoms with Crippen molar-refractivity contribution in [1.29, 1.82) is 0 Å². The van der Waals surface area contributed by atoms with Gasteiger partial charge in [0.25, 0.3) is 5.91 Å². The summed E-state index contributed by atoms with van der Waals surface area (Å²) in [6.07, 6.45) is -9.82. The Balaban J connectivity index is 1.55. The van der Waals surface area contributed by atoms with E-state index >= 15 is 0 Å². The zero-order valence-electron chi connectivity index (χ0n) is 19.2. The molecule has 198 valence electrons. The van der Waals surface area contributed by atoms with E-state index in [1.165, 1.54) is 14.1 Å². The number of alkyl halides is 6. The molecule has 1 aromatic rings. The Labute approximate surface area is 201 Å². The van der Waals surface area contributed by atoms with Crippen molar-refractivity contribution in [2.24, 2.45) is 5.92 Å². The molecule has 0 saturated carbocycles. The van der Waals surface area contributed by atoms with E-state index in [-0.39, 0.29) is 30.3 Å². The number of carbonyl (C=O) groups excluding carboxylic acids is 2.